The maximum Gasteiger partial charge on any atom is 0.255 e. The van der Waals surface area contributed by atoms with E-state index in [4.69, 9.17) is 4.74 Å². The molecule has 2 fully saturated rings. The fourth-order valence-electron chi connectivity index (χ4n) is 5.39. The number of halogens is 3. The van der Waals surface area contributed by atoms with Gasteiger partial charge in [-0.3, -0.25) is 9.69 Å². The van der Waals surface area contributed by atoms with Crippen LogP contribution in [0.15, 0.2) is 66.4 Å². The fourth-order valence-corrected chi connectivity index (χ4v) is 5.39. The largest absolute Gasteiger partial charge is 0.490 e. The number of benzene rings is 2. The predicted octanol–water partition coefficient (Wildman–Crippen LogP) is 4.89. The second-order valence-electron chi connectivity index (χ2n) is 10.0. The molecule has 2 saturated heterocycles. The molecular formula is C29H32F3N3O2. The lowest BCUT2D eigenvalue weighted by atomic mass is 10.0. The molecule has 1 amide bonds. The molecule has 196 valence electrons. The number of piperidine rings is 2. The van der Waals surface area contributed by atoms with E-state index < -0.39 is 11.6 Å². The molecule has 37 heavy (non-hydrogen) atoms. The van der Waals surface area contributed by atoms with Gasteiger partial charge in [-0.2, -0.15) is 0 Å². The van der Waals surface area contributed by atoms with E-state index in [1.165, 1.54) is 24.3 Å². The average molecular weight is 512 g/mol. The van der Waals surface area contributed by atoms with Crippen molar-refractivity contribution in [3.05, 3.63) is 89.4 Å². The quantitative estimate of drug-likeness (QED) is 0.553. The number of rotatable bonds is 6. The van der Waals surface area contributed by atoms with E-state index >= 15 is 0 Å². The number of hydrogen-bond acceptors (Lipinski definition) is 4. The third-order valence-corrected chi connectivity index (χ3v) is 7.37. The van der Waals surface area contributed by atoms with E-state index in [-0.39, 0.29) is 17.8 Å². The van der Waals surface area contributed by atoms with Crippen LogP contribution in [0.5, 0.6) is 5.75 Å². The Balaban J connectivity index is 1.11. The molecular weight excluding hydrogens is 479 g/mol. The minimum atomic E-state index is -0.544. The molecule has 2 aromatic carbocycles. The predicted molar refractivity (Wildman–Crippen MR) is 135 cm³/mol. The zero-order valence-electron chi connectivity index (χ0n) is 20.8. The monoisotopic (exact) mass is 511 g/mol. The summed E-state index contributed by atoms with van der Waals surface area (Å²) in [7, 11) is 0. The summed E-state index contributed by atoms with van der Waals surface area (Å²) in [6.07, 6.45) is 9.27. The van der Waals surface area contributed by atoms with Crippen molar-refractivity contribution in [3.8, 4) is 5.75 Å². The highest BCUT2D eigenvalue weighted by molar-refractivity contribution is 5.96. The number of carbonyl (C=O) groups is 1. The van der Waals surface area contributed by atoms with Crippen LogP contribution in [0, 0.1) is 17.5 Å². The minimum Gasteiger partial charge on any atom is -0.490 e. The van der Waals surface area contributed by atoms with Crippen LogP contribution in [0.25, 0.3) is 0 Å². The van der Waals surface area contributed by atoms with Crippen molar-refractivity contribution in [1.29, 1.82) is 0 Å². The van der Waals surface area contributed by atoms with E-state index in [9.17, 15) is 18.0 Å². The molecule has 0 spiro atoms. The molecule has 0 aliphatic carbocycles. The molecule has 3 heterocycles. The van der Waals surface area contributed by atoms with Gasteiger partial charge in [-0.15, -0.1) is 0 Å². The summed E-state index contributed by atoms with van der Waals surface area (Å²) in [5, 5.41) is 0. The SMILES string of the molecule is O=C(C1=CN(C2CCN(Cc3cc(F)cc(F)c3)CC2)CC=C1)N1CCC(Oc2ccc(F)cc2)CC1. The van der Waals surface area contributed by atoms with Crippen molar-refractivity contribution in [2.45, 2.75) is 44.4 Å². The van der Waals surface area contributed by atoms with Crippen molar-refractivity contribution in [2.24, 2.45) is 0 Å². The van der Waals surface area contributed by atoms with Crippen LogP contribution in [0.4, 0.5) is 13.2 Å². The lowest BCUT2D eigenvalue weighted by Crippen LogP contribution is -2.45. The van der Waals surface area contributed by atoms with E-state index in [0.717, 1.165) is 51.4 Å². The maximum atomic E-state index is 13.5. The molecule has 8 heteroatoms. The van der Waals surface area contributed by atoms with Gasteiger partial charge in [0.15, 0.2) is 0 Å². The summed E-state index contributed by atoms with van der Waals surface area (Å²) >= 11 is 0. The van der Waals surface area contributed by atoms with Crippen LogP contribution in [0.1, 0.15) is 31.2 Å². The Kier molecular flexibility index (Phi) is 7.84. The fraction of sp³-hybridized carbons (Fsp3) is 0.414. The second kappa shape index (κ2) is 11.4. The van der Waals surface area contributed by atoms with Gasteiger partial charge >= 0.3 is 0 Å². The van der Waals surface area contributed by atoms with Crippen molar-refractivity contribution in [2.75, 3.05) is 32.7 Å². The smallest absolute Gasteiger partial charge is 0.255 e. The van der Waals surface area contributed by atoms with Crippen LogP contribution in [-0.2, 0) is 11.3 Å². The van der Waals surface area contributed by atoms with Gasteiger partial charge in [0.25, 0.3) is 5.91 Å². The lowest BCUT2D eigenvalue weighted by molar-refractivity contribution is -0.128. The van der Waals surface area contributed by atoms with Crippen molar-refractivity contribution < 1.29 is 22.7 Å². The summed E-state index contributed by atoms with van der Waals surface area (Å²) in [5.74, 6) is -0.698. The molecule has 0 saturated carbocycles. The Morgan fingerprint density at radius 3 is 2.22 bits per heavy atom. The zero-order valence-corrected chi connectivity index (χ0v) is 20.8. The third kappa shape index (κ3) is 6.55. The van der Waals surface area contributed by atoms with Gasteiger partial charge in [0.2, 0.25) is 0 Å². The Morgan fingerprint density at radius 1 is 0.865 bits per heavy atom. The molecule has 2 aromatic rings. The van der Waals surface area contributed by atoms with Gasteiger partial charge in [-0.25, -0.2) is 13.2 Å². The van der Waals surface area contributed by atoms with Crippen molar-refractivity contribution in [1.82, 2.24) is 14.7 Å². The molecule has 0 N–H and O–H groups in total. The highest BCUT2D eigenvalue weighted by Gasteiger charge is 2.28. The summed E-state index contributed by atoms with van der Waals surface area (Å²) in [4.78, 5) is 19.6. The van der Waals surface area contributed by atoms with E-state index in [2.05, 4.69) is 9.80 Å². The number of carbonyl (C=O) groups excluding carboxylic acids is 1. The molecule has 0 radical (unpaired) electrons. The average Bonchev–Trinajstić information content (AvgIpc) is 2.90. The first-order valence-electron chi connectivity index (χ1n) is 13.0. The summed E-state index contributed by atoms with van der Waals surface area (Å²) in [6.45, 7) is 4.21. The Hall–Kier alpha value is -3.26. The number of amides is 1. The Morgan fingerprint density at radius 2 is 1.54 bits per heavy atom. The first-order chi connectivity index (χ1) is 17.9. The number of hydrogen-bond donors (Lipinski definition) is 0. The van der Waals surface area contributed by atoms with Crippen LogP contribution < -0.4 is 4.74 Å². The second-order valence-corrected chi connectivity index (χ2v) is 10.0. The highest BCUT2D eigenvalue weighted by Crippen LogP contribution is 2.24. The molecule has 3 aliphatic heterocycles. The zero-order chi connectivity index (χ0) is 25.8. The number of ether oxygens (including phenoxy) is 1. The van der Waals surface area contributed by atoms with Crippen LogP contribution in [0.3, 0.4) is 0 Å². The minimum absolute atomic E-state index is 0.0101. The van der Waals surface area contributed by atoms with E-state index in [1.54, 1.807) is 12.1 Å². The molecule has 5 rings (SSSR count). The molecule has 0 unspecified atom stereocenters. The Labute approximate surface area is 215 Å². The van der Waals surface area contributed by atoms with Crippen LogP contribution in [0.2, 0.25) is 0 Å². The first kappa shape index (κ1) is 25.4. The highest BCUT2D eigenvalue weighted by atomic mass is 19.1. The number of likely N-dealkylation sites (tertiary alicyclic amines) is 2. The van der Waals surface area contributed by atoms with E-state index in [0.29, 0.717) is 42.6 Å². The van der Waals surface area contributed by atoms with Crippen molar-refractivity contribution >= 4 is 5.91 Å². The molecule has 0 atom stereocenters. The molecule has 0 bridgehead atoms. The normalized spacial score (nSPS) is 19.7. The molecule has 3 aliphatic rings. The topological polar surface area (TPSA) is 36.0 Å². The van der Waals surface area contributed by atoms with Crippen molar-refractivity contribution in [3.63, 3.8) is 0 Å². The third-order valence-electron chi connectivity index (χ3n) is 7.37. The van der Waals surface area contributed by atoms with Gasteiger partial charge in [0.05, 0.1) is 5.57 Å². The van der Waals surface area contributed by atoms with Crippen LogP contribution in [-0.4, -0.2) is 65.5 Å². The molecule has 0 aromatic heterocycles. The summed E-state index contributed by atoms with van der Waals surface area (Å²) in [6, 6.07) is 10.0. The maximum absolute atomic E-state index is 13.5. The summed E-state index contributed by atoms with van der Waals surface area (Å²) in [5.41, 5.74) is 1.35. The van der Waals surface area contributed by atoms with Gasteiger partial charge in [-0.05, 0) is 54.8 Å². The van der Waals surface area contributed by atoms with Gasteiger partial charge in [0.1, 0.15) is 29.3 Å². The number of nitrogens with zero attached hydrogens (tertiary/aromatic N) is 3. The van der Waals surface area contributed by atoms with Gasteiger partial charge in [0, 0.05) is 70.4 Å². The van der Waals surface area contributed by atoms with Gasteiger partial charge in [-0.1, -0.05) is 12.2 Å². The summed E-state index contributed by atoms with van der Waals surface area (Å²) < 4.78 is 46.1. The molecule has 5 nitrogen and oxygen atoms in total. The first-order valence-corrected chi connectivity index (χ1v) is 13.0. The van der Waals surface area contributed by atoms with E-state index in [1.807, 2.05) is 23.3 Å². The lowest BCUT2D eigenvalue weighted by Gasteiger charge is -2.39. The van der Waals surface area contributed by atoms with Gasteiger partial charge < -0.3 is 14.5 Å². The Bertz CT molecular complexity index is 1130. The standard InChI is InChI=1S/C29H32F3N3O2/c30-23-3-5-27(6-4-23)37-28-9-14-34(15-10-28)29(36)22-2-1-11-35(20-22)26-7-12-33(13-8-26)19-21-16-24(31)18-25(32)17-21/h1-6,16-18,20,26,28H,7-15,19H2. The van der Waals surface area contributed by atoms with Crippen LogP contribution >= 0.6 is 0 Å².